The summed E-state index contributed by atoms with van der Waals surface area (Å²) in [6.07, 6.45) is 0.844. The number of carboxylic acids is 1. The minimum absolute atomic E-state index is 0.227. The van der Waals surface area contributed by atoms with E-state index in [1.807, 2.05) is 11.9 Å². The minimum Gasteiger partial charge on any atom is -0.478 e. The molecule has 0 unspecified atom stereocenters. The van der Waals surface area contributed by atoms with Crippen molar-refractivity contribution in [3.8, 4) is 0 Å². The summed E-state index contributed by atoms with van der Waals surface area (Å²) < 4.78 is 4.96. The number of nitrogens with two attached hydrogens (primary N) is 1. The molecule has 0 aliphatic rings. The van der Waals surface area contributed by atoms with Gasteiger partial charge in [-0.2, -0.15) is 0 Å². The van der Waals surface area contributed by atoms with E-state index >= 15 is 0 Å². The van der Waals surface area contributed by atoms with E-state index in [-0.39, 0.29) is 5.56 Å². The van der Waals surface area contributed by atoms with Crippen molar-refractivity contribution in [2.24, 2.45) is 0 Å². The SMILES string of the molecule is COCCCN(C)c1ccc(N)cc1C(=O)O. The quantitative estimate of drug-likeness (QED) is 0.579. The van der Waals surface area contributed by atoms with Gasteiger partial charge >= 0.3 is 5.97 Å². The van der Waals surface area contributed by atoms with Crippen LogP contribution in [0.25, 0.3) is 0 Å². The largest absolute Gasteiger partial charge is 0.478 e. The smallest absolute Gasteiger partial charge is 0.337 e. The number of anilines is 2. The number of aromatic carboxylic acids is 1. The maximum atomic E-state index is 11.1. The molecule has 0 atom stereocenters. The number of hydrogen-bond donors (Lipinski definition) is 2. The second kappa shape index (κ2) is 6.10. The van der Waals surface area contributed by atoms with Gasteiger partial charge in [0, 0.05) is 33.0 Å². The first-order valence-corrected chi connectivity index (χ1v) is 5.39. The summed E-state index contributed by atoms with van der Waals surface area (Å²) in [7, 11) is 3.50. The van der Waals surface area contributed by atoms with Crippen molar-refractivity contribution in [3.05, 3.63) is 23.8 Å². The van der Waals surface area contributed by atoms with Crippen molar-refractivity contribution in [3.63, 3.8) is 0 Å². The highest BCUT2D eigenvalue weighted by Gasteiger charge is 2.13. The van der Waals surface area contributed by atoms with Crippen LogP contribution in [0.1, 0.15) is 16.8 Å². The Morgan fingerprint density at radius 3 is 2.82 bits per heavy atom. The van der Waals surface area contributed by atoms with Gasteiger partial charge in [-0.15, -0.1) is 0 Å². The Hall–Kier alpha value is -1.75. The standard InChI is InChI=1S/C12H18N2O3/c1-14(6-3-7-17-2)11-5-4-9(13)8-10(11)12(15)16/h4-5,8H,3,6-7,13H2,1-2H3,(H,15,16). The lowest BCUT2D eigenvalue weighted by molar-refractivity contribution is 0.0697. The Labute approximate surface area is 101 Å². The fraction of sp³-hybridized carbons (Fsp3) is 0.417. The number of carboxylic acid groups (broad SMARTS) is 1. The number of carbonyl (C=O) groups is 1. The molecule has 94 valence electrons. The lowest BCUT2D eigenvalue weighted by Gasteiger charge is -2.21. The lowest BCUT2D eigenvalue weighted by atomic mass is 10.1. The number of rotatable bonds is 6. The zero-order chi connectivity index (χ0) is 12.8. The molecule has 0 spiro atoms. The van der Waals surface area contributed by atoms with E-state index in [0.717, 1.165) is 13.0 Å². The Bertz CT molecular complexity index is 393. The molecule has 1 rings (SSSR count). The van der Waals surface area contributed by atoms with Gasteiger partial charge in [0.15, 0.2) is 0 Å². The number of nitrogen functional groups attached to an aromatic ring is 1. The normalized spacial score (nSPS) is 10.2. The van der Waals surface area contributed by atoms with Gasteiger partial charge in [-0.3, -0.25) is 0 Å². The molecule has 1 aromatic carbocycles. The molecular weight excluding hydrogens is 220 g/mol. The second-order valence-electron chi connectivity index (χ2n) is 3.85. The number of methoxy groups -OCH3 is 1. The van der Waals surface area contributed by atoms with Crippen molar-refractivity contribution < 1.29 is 14.6 Å². The first-order chi connectivity index (χ1) is 8.06. The molecule has 0 aliphatic carbocycles. The molecule has 0 fully saturated rings. The van der Waals surface area contributed by atoms with Crippen LogP contribution in [0.5, 0.6) is 0 Å². The third-order valence-corrected chi connectivity index (χ3v) is 2.50. The zero-order valence-electron chi connectivity index (χ0n) is 10.1. The Morgan fingerprint density at radius 2 is 2.24 bits per heavy atom. The highest BCUT2D eigenvalue weighted by atomic mass is 16.5. The molecule has 0 amide bonds. The Balaban J connectivity index is 2.84. The molecule has 0 saturated heterocycles. The van der Waals surface area contributed by atoms with Gasteiger partial charge in [-0.25, -0.2) is 4.79 Å². The molecule has 0 radical (unpaired) electrons. The number of nitrogens with zero attached hydrogens (tertiary/aromatic N) is 1. The zero-order valence-corrected chi connectivity index (χ0v) is 10.1. The summed E-state index contributed by atoms with van der Waals surface area (Å²) in [5.74, 6) is -0.967. The number of benzene rings is 1. The molecule has 5 heteroatoms. The average Bonchev–Trinajstić information content (AvgIpc) is 2.29. The summed E-state index contributed by atoms with van der Waals surface area (Å²) >= 11 is 0. The van der Waals surface area contributed by atoms with E-state index in [9.17, 15) is 4.79 Å². The van der Waals surface area contributed by atoms with Crippen molar-refractivity contribution in [2.75, 3.05) is 37.9 Å². The van der Waals surface area contributed by atoms with Crippen molar-refractivity contribution in [1.29, 1.82) is 0 Å². The highest BCUT2D eigenvalue weighted by Crippen LogP contribution is 2.22. The van der Waals surface area contributed by atoms with E-state index in [4.69, 9.17) is 15.6 Å². The van der Waals surface area contributed by atoms with Gasteiger partial charge in [0.2, 0.25) is 0 Å². The van der Waals surface area contributed by atoms with Gasteiger partial charge in [0.25, 0.3) is 0 Å². The first kappa shape index (κ1) is 13.3. The van der Waals surface area contributed by atoms with Gasteiger partial charge in [-0.05, 0) is 24.6 Å². The van der Waals surface area contributed by atoms with E-state index < -0.39 is 5.97 Å². The van der Waals surface area contributed by atoms with Crippen LogP contribution in [-0.2, 0) is 4.74 Å². The molecule has 0 bridgehead atoms. The molecule has 5 nitrogen and oxygen atoms in total. The lowest BCUT2D eigenvalue weighted by Crippen LogP contribution is -2.22. The van der Waals surface area contributed by atoms with Crippen LogP contribution in [0.3, 0.4) is 0 Å². The van der Waals surface area contributed by atoms with Crippen molar-refractivity contribution in [1.82, 2.24) is 0 Å². The highest BCUT2D eigenvalue weighted by molar-refractivity contribution is 5.95. The van der Waals surface area contributed by atoms with Crippen LogP contribution in [0.4, 0.5) is 11.4 Å². The molecule has 0 saturated carbocycles. The van der Waals surface area contributed by atoms with Crippen LogP contribution >= 0.6 is 0 Å². The van der Waals surface area contributed by atoms with Crippen LogP contribution in [0.15, 0.2) is 18.2 Å². The van der Waals surface area contributed by atoms with Crippen molar-refractivity contribution in [2.45, 2.75) is 6.42 Å². The van der Waals surface area contributed by atoms with Crippen LogP contribution < -0.4 is 10.6 Å². The summed E-state index contributed by atoms with van der Waals surface area (Å²) in [5.41, 5.74) is 6.94. The summed E-state index contributed by atoms with van der Waals surface area (Å²) in [6.45, 7) is 1.39. The number of hydrogen-bond acceptors (Lipinski definition) is 4. The fourth-order valence-corrected chi connectivity index (χ4v) is 1.62. The van der Waals surface area contributed by atoms with Crippen molar-refractivity contribution >= 4 is 17.3 Å². The molecule has 17 heavy (non-hydrogen) atoms. The summed E-state index contributed by atoms with van der Waals surface area (Å²) in [6, 6.07) is 4.91. The third-order valence-electron chi connectivity index (χ3n) is 2.50. The Morgan fingerprint density at radius 1 is 1.53 bits per heavy atom. The van der Waals surface area contributed by atoms with E-state index in [1.165, 1.54) is 6.07 Å². The van der Waals surface area contributed by atoms with E-state index in [1.54, 1.807) is 19.2 Å². The van der Waals surface area contributed by atoms with Gasteiger partial charge in [0.05, 0.1) is 11.3 Å². The van der Waals surface area contributed by atoms with Gasteiger partial charge in [0.1, 0.15) is 0 Å². The molecular formula is C12H18N2O3. The van der Waals surface area contributed by atoms with Crippen LogP contribution in [0.2, 0.25) is 0 Å². The molecule has 1 aromatic rings. The van der Waals surface area contributed by atoms with Gasteiger partial charge in [-0.1, -0.05) is 0 Å². The second-order valence-corrected chi connectivity index (χ2v) is 3.85. The molecule has 3 N–H and O–H groups in total. The average molecular weight is 238 g/mol. The minimum atomic E-state index is -0.967. The van der Waals surface area contributed by atoms with E-state index in [2.05, 4.69) is 0 Å². The van der Waals surface area contributed by atoms with Gasteiger partial charge < -0.3 is 20.5 Å². The molecule has 0 heterocycles. The maximum absolute atomic E-state index is 11.1. The molecule has 0 aliphatic heterocycles. The maximum Gasteiger partial charge on any atom is 0.337 e. The van der Waals surface area contributed by atoms with Crippen LogP contribution in [-0.4, -0.2) is 38.4 Å². The predicted octanol–water partition coefficient (Wildman–Crippen LogP) is 1.44. The molecule has 0 aromatic heterocycles. The number of ether oxygens (including phenoxy) is 1. The third kappa shape index (κ3) is 3.64. The monoisotopic (exact) mass is 238 g/mol. The topological polar surface area (TPSA) is 75.8 Å². The van der Waals surface area contributed by atoms with E-state index in [0.29, 0.717) is 18.0 Å². The fourth-order valence-electron chi connectivity index (χ4n) is 1.62. The summed E-state index contributed by atoms with van der Waals surface area (Å²) in [4.78, 5) is 13.0. The predicted molar refractivity (Wildman–Crippen MR) is 67.6 cm³/mol. The first-order valence-electron chi connectivity index (χ1n) is 5.39. The Kier molecular flexibility index (Phi) is 4.78. The summed E-state index contributed by atoms with van der Waals surface area (Å²) in [5, 5.41) is 9.10. The van der Waals surface area contributed by atoms with Crippen LogP contribution in [0, 0.1) is 0 Å².